The number of likely N-dealkylation sites (tertiary alicyclic amines) is 1. The SMILES string of the molecule is CC(C)(C)OC(=O)n1ncc2sc(CN3CCCCC3)cc21. The van der Waals surface area contributed by atoms with Crippen molar-refractivity contribution in [3.8, 4) is 0 Å². The number of fused-ring (bicyclic) bond motifs is 1. The standard InChI is InChI=1S/C16H23N3O2S/c1-16(2,3)21-15(20)19-13-9-12(22-14(13)10-17-19)11-18-7-5-4-6-8-18/h9-10H,4-8,11H2,1-3H3. The van der Waals surface area contributed by atoms with Gasteiger partial charge in [0.2, 0.25) is 0 Å². The Kier molecular flexibility index (Phi) is 4.23. The number of carbonyl (C=O) groups is 1. The van der Waals surface area contributed by atoms with Crippen LogP contribution in [0.4, 0.5) is 4.79 Å². The van der Waals surface area contributed by atoms with E-state index in [1.807, 2.05) is 20.8 Å². The van der Waals surface area contributed by atoms with E-state index in [0.29, 0.717) is 0 Å². The number of nitrogens with zero attached hydrogens (tertiary/aromatic N) is 3. The predicted molar refractivity (Wildman–Crippen MR) is 88.4 cm³/mol. The van der Waals surface area contributed by atoms with Gasteiger partial charge in [0, 0.05) is 11.4 Å². The number of aromatic nitrogens is 2. The van der Waals surface area contributed by atoms with Gasteiger partial charge in [-0.05, 0) is 52.8 Å². The summed E-state index contributed by atoms with van der Waals surface area (Å²) < 4.78 is 7.82. The van der Waals surface area contributed by atoms with E-state index in [2.05, 4.69) is 16.1 Å². The van der Waals surface area contributed by atoms with Crippen molar-refractivity contribution < 1.29 is 9.53 Å². The Balaban J connectivity index is 1.77. The van der Waals surface area contributed by atoms with E-state index >= 15 is 0 Å². The van der Waals surface area contributed by atoms with Gasteiger partial charge in [-0.1, -0.05) is 6.42 Å². The highest BCUT2D eigenvalue weighted by atomic mass is 32.1. The third kappa shape index (κ3) is 3.50. The molecule has 1 saturated heterocycles. The van der Waals surface area contributed by atoms with Crippen molar-refractivity contribution in [2.45, 2.75) is 52.2 Å². The van der Waals surface area contributed by atoms with E-state index in [1.165, 1.54) is 41.9 Å². The molecule has 1 fully saturated rings. The number of ether oxygens (including phenoxy) is 1. The fraction of sp³-hybridized carbons (Fsp3) is 0.625. The van der Waals surface area contributed by atoms with Crippen molar-refractivity contribution in [1.82, 2.24) is 14.7 Å². The van der Waals surface area contributed by atoms with Crippen LogP contribution < -0.4 is 0 Å². The summed E-state index contributed by atoms with van der Waals surface area (Å²) in [5.74, 6) is 0. The largest absolute Gasteiger partial charge is 0.442 e. The molecule has 2 aromatic heterocycles. The first-order chi connectivity index (χ1) is 10.4. The number of thiophene rings is 1. The zero-order valence-corrected chi connectivity index (χ0v) is 14.3. The quantitative estimate of drug-likeness (QED) is 0.842. The van der Waals surface area contributed by atoms with Crippen molar-refractivity contribution in [3.05, 3.63) is 17.1 Å². The molecule has 1 aliphatic rings. The van der Waals surface area contributed by atoms with Crippen molar-refractivity contribution >= 4 is 27.6 Å². The summed E-state index contributed by atoms with van der Waals surface area (Å²) in [4.78, 5) is 16.0. The molecule has 0 bridgehead atoms. The van der Waals surface area contributed by atoms with E-state index in [0.717, 1.165) is 16.8 Å². The molecular formula is C16H23N3O2S. The maximum Gasteiger partial charge on any atom is 0.435 e. The molecule has 0 saturated carbocycles. The van der Waals surface area contributed by atoms with Crippen LogP contribution in [0.5, 0.6) is 0 Å². The van der Waals surface area contributed by atoms with Gasteiger partial charge in [-0.15, -0.1) is 11.3 Å². The molecule has 0 atom stereocenters. The topological polar surface area (TPSA) is 47.4 Å². The predicted octanol–water partition coefficient (Wildman–Crippen LogP) is 3.87. The molecule has 5 nitrogen and oxygen atoms in total. The Bertz CT molecular complexity index is 663. The van der Waals surface area contributed by atoms with Gasteiger partial charge in [0.05, 0.1) is 16.4 Å². The zero-order chi connectivity index (χ0) is 15.7. The Morgan fingerprint density at radius 2 is 2.05 bits per heavy atom. The molecule has 0 aromatic carbocycles. The van der Waals surface area contributed by atoms with Crippen LogP contribution in [0.25, 0.3) is 10.2 Å². The van der Waals surface area contributed by atoms with Gasteiger partial charge in [0.15, 0.2) is 0 Å². The Morgan fingerprint density at radius 1 is 1.32 bits per heavy atom. The monoisotopic (exact) mass is 321 g/mol. The molecule has 0 unspecified atom stereocenters. The lowest BCUT2D eigenvalue weighted by molar-refractivity contribution is 0.0523. The van der Waals surface area contributed by atoms with Gasteiger partial charge >= 0.3 is 6.09 Å². The molecule has 0 spiro atoms. The van der Waals surface area contributed by atoms with Gasteiger partial charge in [-0.2, -0.15) is 9.78 Å². The first kappa shape index (κ1) is 15.5. The van der Waals surface area contributed by atoms with E-state index in [-0.39, 0.29) is 0 Å². The summed E-state index contributed by atoms with van der Waals surface area (Å²) in [6.45, 7) is 8.90. The van der Waals surface area contributed by atoms with Crippen LogP contribution in [-0.2, 0) is 11.3 Å². The molecule has 2 aromatic rings. The van der Waals surface area contributed by atoms with Crippen molar-refractivity contribution in [3.63, 3.8) is 0 Å². The summed E-state index contributed by atoms with van der Waals surface area (Å²) >= 11 is 1.71. The molecule has 3 heterocycles. The van der Waals surface area contributed by atoms with Crippen LogP contribution in [0.15, 0.2) is 12.3 Å². The normalized spacial score (nSPS) is 17.0. The average molecular weight is 321 g/mol. The Labute approximate surface area is 134 Å². The third-order valence-corrected chi connectivity index (χ3v) is 4.75. The van der Waals surface area contributed by atoms with Crippen molar-refractivity contribution in [2.75, 3.05) is 13.1 Å². The van der Waals surface area contributed by atoms with Gasteiger partial charge in [0.25, 0.3) is 0 Å². The molecule has 0 radical (unpaired) electrons. The van der Waals surface area contributed by atoms with Gasteiger partial charge < -0.3 is 4.74 Å². The van der Waals surface area contributed by atoms with Gasteiger partial charge in [-0.25, -0.2) is 4.79 Å². The first-order valence-corrected chi connectivity index (χ1v) is 8.66. The van der Waals surface area contributed by atoms with Crippen LogP contribution >= 0.6 is 11.3 Å². The van der Waals surface area contributed by atoms with Crippen LogP contribution in [0.2, 0.25) is 0 Å². The fourth-order valence-electron chi connectivity index (χ4n) is 2.74. The second kappa shape index (κ2) is 6.01. The van der Waals surface area contributed by atoms with Crippen LogP contribution in [0.3, 0.4) is 0 Å². The molecule has 0 N–H and O–H groups in total. The highest BCUT2D eigenvalue weighted by molar-refractivity contribution is 7.19. The maximum absolute atomic E-state index is 12.2. The number of carbonyl (C=O) groups excluding carboxylic acids is 1. The molecule has 1 aliphatic heterocycles. The summed E-state index contributed by atoms with van der Waals surface area (Å²) in [6, 6.07) is 2.07. The van der Waals surface area contributed by atoms with E-state index in [1.54, 1.807) is 17.5 Å². The van der Waals surface area contributed by atoms with Crippen LogP contribution in [-0.4, -0.2) is 39.5 Å². The minimum atomic E-state index is -0.512. The molecule has 0 amide bonds. The Hall–Kier alpha value is -1.40. The molecule has 6 heteroatoms. The lowest BCUT2D eigenvalue weighted by Gasteiger charge is -2.25. The van der Waals surface area contributed by atoms with Crippen LogP contribution in [0, 0.1) is 0 Å². The van der Waals surface area contributed by atoms with Gasteiger partial charge in [0.1, 0.15) is 5.60 Å². The van der Waals surface area contributed by atoms with E-state index in [4.69, 9.17) is 4.74 Å². The van der Waals surface area contributed by atoms with Crippen molar-refractivity contribution in [1.29, 1.82) is 0 Å². The summed E-state index contributed by atoms with van der Waals surface area (Å²) in [6.07, 6.45) is 5.26. The Morgan fingerprint density at radius 3 is 2.73 bits per heavy atom. The highest BCUT2D eigenvalue weighted by Gasteiger charge is 2.21. The number of hydrogen-bond donors (Lipinski definition) is 0. The zero-order valence-electron chi connectivity index (χ0n) is 13.5. The second-order valence-electron chi connectivity index (χ2n) is 6.84. The summed E-state index contributed by atoms with van der Waals surface area (Å²) in [7, 11) is 0. The van der Waals surface area contributed by atoms with E-state index < -0.39 is 11.7 Å². The maximum atomic E-state index is 12.2. The highest BCUT2D eigenvalue weighted by Crippen LogP contribution is 2.27. The molecule has 3 rings (SSSR count). The van der Waals surface area contributed by atoms with Crippen LogP contribution in [0.1, 0.15) is 44.9 Å². The summed E-state index contributed by atoms with van der Waals surface area (Å²) in [5, 5.41) is 4.17. The molecule has 22 heavy (non-hydrogen) atoms. The second-order valence-corrected chi connectivity index (χ2v) is 8.00. The fourth-order valence-corrected chi connectivity index (χ4v) is 3.79. The van der Waals surface area contributed by atoms with Gasteiger partial charge in [-0.3, -0.25) is 4.90 Å². The minimum Gasteiger partial charge on any atom is -0.442 e. The summed E-state index contributed by atoms with van der Waals surface area (Å²) in [5.41, 5.74) is 0.341. The smallest absolute Gasteiger partial charge is 0.435 e. The van der Waals surface area contributed by atoms with Crippen molar-refractivity contribution in [2.24, 2.45) is 0 Å². The lowest BCUT2D eigenvalue weighted by atomic mass is 10.1. The minimum absolute atomic E-state index is 0.412. The van der Waals surface area contributed by atoms with E-state index in [9.17, 15) is 4.79 Å². The number of rotatable bonds is 2. The average Bonchev–Trinajstić information content (AvgIpc) is 2.97. The number of piperidine rings is 1. The lowest BCUT2D eigenvalue weighted by Crippen LogP contribution is -2.28. The number of hydrogen-bond acceptors (Lipinski definition) is 5. The molecular weight excluding hydrogens is 298 g/mol. The molecule has 0 aliphatic carbocycles. The third-order valence-electron chi connectivity index (χ3n) is 3.70. The molecule has 120 valence electrons. The first-order valence-electron chi connectivity index (χ1n) is 7.84.